The summed E-state index contributed by atoms with van der Waals surface area (Å²) in [5, 5.41) is 3.40. The van der Waals surface area contributed by atoms with Crippen molar-refractivity contribution in [2.45, 2.75) is 19.2 Å². The molecule has 2 saturated heterocycles. The molecule has 0 aliphatic carbocycles. The van der Waals surface area contributed by atoms with Crippen LogP contribution in [0.25, 0.3) is 0 Å². The second-order valence-electron chi connectivity index (χ2n) is 7.68. The van der Waals surface area contributed by atoms with Crippen LogP contribution in [0.15, 0.2) is 29.3 Å². The van der Waals surface area contributed by atoms with Crippen molar-refractivity contribution in [2.75, 3.05) is 72.6 Å². The minimum Gasteiger partial charge on any atom is -0.370 e. The highest BCUT2D eigenvalue weighted by Crippen LogP contribution is 2.32. The van der Waals surface area contributed by atoms with E-state index in [4.69, 9.17) is 4.74 Å². The number of piperazine rings is 1. The number of rotatable bonds is 5. The van der Waals surface area contributed by atoms with Crippen molar-refractivity contribution >= 4 is 29.9 Å². The summed E-state index contributed by atoms with van der Waals surface area (Å²) in [5.41, 5.74) is -0.106. The molecule has 3 rings (SSSR count). The normalized spacial score (nSPS) is 21.6. The Labute approximate surface area is 199 Å². The topological polar surface area (TPSA) is 43.3 Å². The van der Waals surface area contributed by atoms with Gasteiger partial charge in [-0.3, -0.25) is 9.89 Å². The highest BCUT2D eigenvalue weighted by atomic mass is 127. The number of nitrogens with one attached hydrogen (secondary N) is 1. The van der Waals surface area contributed by atoms with Crippen LogP contribution in [0.3, 0.4) is 0 Å². The number of aliphatic imine (C=N–C) groups is 1. The van der Waals surface area contributed by atoms with E-state index in [0.29, 0.717) is 25.3 Å². The van der Waals surface area contributed by atoms with Crippen LogP contribution >= 0.6 is 24.0 Å². The van der Waals surface area contributed by atoms with Crippen LogP contribution in [0, 0.1) is 0 Å². The van der Waals surface area contributed by atoms with Crippen LogP contribution in [0.1, 0.15) is 24.2 Å². The predicted molar refractivity (Wildman–Crippen MR) is 127 cm³/mol. The van der Waals surface area contributed by atoms with Gasteiger partial charge in [-0.05, 0) is 24.2 Å². The van der Waals surface area contributed by atoms with Crippen LogP contribution in [0.2, 0.25) is 0 Å². The Kier molecular flexibility index (Phi) is 10.3. The van der Waals surface area contributed by atoms with Crippen molar-refractivity contribution in [3.63, 3.8) is 0 Å². The maximum absolute atomic E-state index is 13.0. The average Bonchev–Trinajstić information content (AvgIpc) is 2.77. The number of guanidine groups is 1. The van der Waals surface area contributed by atoms with Gasteiger partial charge in [-0.2, -0.15) is 13.2 Å². The van der Waals surface area contributed by atoms with Gasteiger partial charge in [-0.15, -0.1) is 24.0 Å². The van der Waals surface area contributed by atoms with E-state index < -0.39 is 17.8 Å². The van der Waals surface area contributed by atoms with E-state index in [-0.39, 0.29) is 24.0 Å². The largest absolute Gasteiger partial charge is 0.416 e. The fraction of sp³-hybridized carbons (Fsp3) is 0.667. The third kappa shape index (κ3) is 7.47. The molecule has 0 radical (unpaired) electrons. The number of benzene rings is 1. The van der Waals surface area contributed by atoms with Crippen LogP contribution < -0.4 is 5.32 Å². The van der Waals surface area contributed by atoms with Gasteiger partial charge in [0.2, 0.25) is 0 Å². The first-order chi connectivity index (χ1) is 14.4. The fourth-order valence-electron chi connectivity index (χ4n) is 3.95. The SMILES string of the molecule is CCN1CCN(CCNC(=NC)N2CCOC(c3cccc(C(F)(F)F)c3)C2)CC1.I. The molecular weight excluding hydrogens is 522 g/mol. The van der Waals surface area contributed by atoms with Gasteiger partial charge in [0.25, 0.3) is 0 Å². The van der Waals surface area contributed by atoms with Gasteiger partial charge in [0.05, 0.1) is 18.7 Å². The van der Waals surface area contributed by atoms with E-state index in [1.165, 1.54) is 12.1 Å². The lowest BCUT2D eigenvalue weighted by Crippen LogP contribution is -2.51. The maximum Gasteiger partial charge on any atom is 0.416 e. The van der Waals surface area contributed by atoms with Crippen LogP contribution in [0.4, 0.5) is 13.2 Å². The fourth-order valence-corrected chi connectivity index (χ4v) is 3.95. The zero-order chi connectivity index (χ0) is 21.6. The van der Waals surface area contributed by atoms with Crippen LogP contribution in [0.5, 0.6) is 0 Å². The Morgan fingerprint density at radius 1 is 1.16 bits per heavy atom. The summed E-state index contributed by atoms with van der Waals surface area (Å²) in [6.07, 6.45) is -4.77. The number of alkyl halides is 3. The van der Waals surface area contributed by atoms with E-state index in [1.807, 2.05) is 0 Å². The molecule has 2 fully saturated rings. The van der Waals surface area contributed by atoms with Crippen LogP contribution in [-0.4, -0.2) is 93.2 Å². The van der Waals surface area contributed by atoms with Crippen molar-refractivity contribution in [3.05, 3.63) is 35.4 Å². The molecule has 1 N–H and O–H groups in total. The molecular formula is C21H33F3IN5O. The molecule has 176 valence electrons. The van der Waals surface area contributed by atoms with Crippen molar-refractivity contribution in [1.82, 2.24) is 20.0 Å². The smallest absolute Gasteiger partial charge is 0.370 e. The van der Waals surface area contributed by atoms with E-state index in [1.54, 1.807) is 13.1 Å². The Balaban J connectivity index is 0.00000341. The van der Waals surface area contributed by atoms with Gasteiger partial charge >= 0.3 is 6.18 Å². The van der Waals surface area contributed by atoms with Gasteiger partial charge in [0.15, 0.2) is 5.96 Å². The quantitative estimate of drug-likeness (QED) is 0.344. The third-order valence-corrected chi connectivity index (χ3v) is 5.79. The number of hydrogen-bond donors (Lipinski definition) is 1. The first kappa shape index (κ1) is 26.1. The summed E-state index contributed by atoms with van der Waals surface area (Å²) >= 11 is 0. The molecule has 2 aliphatic rings. The van der Waals surface area contributed by atoms with E-state index >= 15 is 0 Å². The number of morpholine rings is 1. The van der Waals surface area contributed by atoms with Crippen molar-refractivity contribution in [1.29, 1.82) is 0 Å². The molecule has 1 aromatic carbocycles. The summed E-state index contributed by atoms with van der Waals surface area (Å²) in [6.45, 7) is 10.9. The standard InChI is InChI=1S/C21H32F3N5O.HI/c1-3-27-9-11-28(12-10-27)8-7-26-20(25-2)29-13-14-30-19(16-29)17-5-4-6-18(15-17)21(22,23)24;/h4-6,15,19H,3,7-14,16H2,1-2H3,(H,25,26);1H. The minimum atomic E-state index is -4.36. The lowest BCUT2D eigenvalue weighted by molar-refractivity contribution is -0.137. The summed E-state index contributed by atoms with van der Waals surface area (Å²) < 4.78 is 44.9. The first-order valence-corrected chi connectivity index (χ1v) is 10.6. The zero-order valence-electron chi connectivity index (χ0n) is 18.2. The van der Waals surface area contributed by atoms with E-state index in [0.717, 1.165) is 57.8 Å². The highest BCUT2D eigenvalue weighted by molar-refractivity contribution is 14.0. The molecule has 0 amide bonds. The number of halogens is 4. The maximum atomic E-state index is 13.0. The summed E-state index contributed by atoms with van der Waals surface area (Å²) in [5.74, 6) is 0.766. The van der Waals surface area contributed by atoms with Gasteiger partial charge in [-0.25, -0.2) is 0 Å². The average molecular weight is 555 g/mol. The Hall–Kier alpha value is -1.11. The Morgan fingerprint density at radius 3 is 2.52 bits per heavy atom. The van der Waals surface area contributed by atoms with Gasteiger partial charge < -0.3 is 19.9 Å². The molecule has 1 atom stereocenters. The molecule has 0 bridgehead atoms. The second-order valence-corrected chi connectivity index (χ2v) is 7.68. The number of hydrogen-bond acceptors (Lipinski definition) is 4. The van der Waals surface area contributed by atoms with Gasteiger partial charge in [0, 0.05) is 52.9 Å². The minimum absolute atomic E-state index is 0. The lowest BCUT2D eigenvalue weighted by atomic mass is 10.0. The van der Waals surface area contributed by atoms with Gasteiger partial charge in [-0.1, -0.05) is 19.1 Å². The van der Waals surface area contributed by atoms with Crippen molar-refractivity contribution in [3.8, 4) is 0 Å². The summed E-state index contributed by atoms with van der Waals surface area (Å²) in [7, 11) is 1.73. The second kappa shape index (κ2) is 12.2. The monoisotopic (exact) mass is 555 g/mol. The number of likely N-dealkylation sites (N-methyl/N-ethyl adjacent to an activating group) is 1. The zero-order valence-corrected chi connectivity index (χ0v) is 20.5. The molecule has 0 saturated carbocycles. The Bertz CT molecular complexity index is 711. The summed E-state index contributed by atoms with van der Waals surface area (Å²) in [4.78, 5) is 11.3. The predicted octanol–water partition coefficient (Wildman–Crippen LogP) is 2.91. The summed E-state index contributed by atoms with van der Waals surface area (Å²) in [6, 6.07) is 5.40. The van der Waals surface area contributed by atoms with Crippen molar-refractivity contribution in [2.24, 2.45) is 4.99 Å². The molecule has 2 heterocycles. The van der Waals surface area contributed by atoms with E-state index in [9.17, 15) is 13.2 Å². The highest BCUT2D eigenvalue weighted by Gasteiger charge is 2.32. The third-order valence-electron chi connectivity index (χ3n) is 5.79. The molecule has 1 unspecified atom stereocenters. The number of ether oxygens (including phenoxy) is 1. The molecule has 6 nitrogen and oxygen atoms in total. The molecule has 0 aromatic heterocycles. The van der Waals surface area contributed by atoms with Gasteiger partial charge in [0.1, 0.15) is 6.10 Å². The Morgan fingerprint density at radius 2 is 1.87 bits per heavy atom. The van der Waals surface area contributed by atoms with Crippen LogP contribution in [-0.2, 0) is 10.9 Å². The van der Waals surface area contributed by atoms with Crippen molar-refractivity contribution < 1.29 is 17.9 Å². The molecule has 2 aliphatic heterocycles. The number of nitrogens with zero attached hydrogens (tertiary/aromatic N) is 4. The first-order valence-electron chi connectivity index (χ1n) is 10.6. The molecule has 1 aromatic rings. The molecule has 31 heavy (non-hydrogen) atoms. The molecule has 0 spiro atoms. The van der Waals surface area contributed by atoms with E-state index in [2.05, 4.69) is 31.9 Å². The molecule has 10 heteroatoms. The lowest BCUT2D eigenvalue weighted by Gasteiger charge is -2.36.